The molecule has 0 fully saturated rings. The van der Waals surface area contributed by atoms with Gasteiger partial charge in [0, 0.05) is 22.1 Å². The number of hydrogen-bond acceptors (Lipinski definition) is 4. The molecule has 0 aliphatic rings. The minimum Gasteiger partial charge on any atom is -0.295 e. The number of hydrogen-bond donors (Lipinski definition) is 0. The third-order valence-corrected chi connectivity index (χ3v) is 3.59. The number of rotatable bonds is 3. The Bertz CT molecular complexity index is 631. The summed E-state index contributed by atoms with van der Waals surface area (Å²) in [5, 5.41) is 12.9. The molecule has 0 bridgehead atoms. The van der Waals surface area contributed by atoms with Crippen LogP contribution in [0.15, 0.2) is 29.6 Å². The molecule has 0 aliphatic carbocycles. The fraction of sp³-hybridized carbons (Fsp3) is 0.154. The molecule has 0 radical (unpaired) electrons. The van der Waals surface area contributed by atoms with Gasteiger partial charge in [0.25, 0.3) is 5.69 Å². The van der Waals surface area contributed by atoms with E-state index in [1.54, 1.807) is 6.07 Å². The summed E-state index contributed by atoms with van der Waals surface area (Å²) in [6.07, 6.45) is 0. The normalized spacial score (nSPS) is 10.3. The van der Waals surface area contributed by atoms with Crippen molar-refractivity contribution in [1.82, 2.24) is 0 Å². The smallest absolute Gasteiger partial charge is 0.277 e. The number of nitro groups is 1. The number of carbonyl (C=O) groups excluding carboxylic acids is 1. The van der Waals surface area contributed by atoms with E-state index in [0.29, 0.717) is 11.1 Å². The zero-order valence-corrected chi connectivity index (χ0v) is 10.8. The van der Waals surface area contributed by atoms with Crippen molar-refractivity contribution in [3.8, 4) is 11.1 Å². The van der Waals surface area contributed by atoms with Gasteiger partial charge in [-0.2, -0.15) is 0 Å². The van der Waals surface area contributed by atoms with Crippen molar-refractivity contribution in [3.63, 3.8) is 0 Å². The molecule has 18 heavy (non-hydrogen) atoms. The van der Waals surface area contributed by atoms with Gasteiger partial charge >= 0.3 is 0 Å². The van der Waals surface area contributed by atoms with E-state index in [-0.39, 0.29) is 11.5 Å². The van der Waals surface area contributed by atoms with E-state index >= 15 is 0 Å². The minimum absolute atomic E-state index is 0.0292. The lowest BCUT2D eigenvalue weighted by molar-refractivity contribution is -0.384. The summed E-state index contributed by atoms with van der Waals surface area (Å²) in [5.74, 6) is -0.0981. The van der Waals surface area contributed by atoms with Crippen LogP contribution >= 0.6 is 11.3 Å². The highest BCUT2D eigenvalue weighted by Gasteiger charge is 2.18. The van der Waals surface area contributed by atoms with Crippen LogP contribution in [-0.2, 0) is 0 Å². The van der Waals surface area contributed by atoms with Gasteiger partial charge in [0.05, 0.1) is 10.5 Å². The molecule has 5 heteroatoms. The Morgan fingerprint density at radius 3 is 2.50 bits per heavy atom. The summed E-state index contributed by atoms with van der Waals surface area (Å²) < 4.78 is 0. The molecule has 0 spiro atoms. The highest BCUT2D eigenvalue weighted by atomic mass is 32.1. The van der Waals surface area contributed by atoms with Crippen LogP contribution in [0.25, 0.3) is 11.1 Å². The molecular formula is C13H11NO3S. The number of nitro benzene ring substituents is 1. The topological polar surface area (TPSA) is 60.2 Å². The standard InChI is InChI=1S/C13H11NO3S/c1-8(15)10-3-4-13(14(16)17)12(7-10)11-5-6-18-9(11)2/h3-7H,1-2H3. The monoisotopic (exact) mass is 261 g/mol. The summed E-state index contributed by atoms with van der Waals surface area (Å²) in [7, 11) is 0. The Kier molecular flexibility index (Phi) is 3.25. The Balaban J connectivity index is 2.69. The maximum absolute atomic E-state index is 11.4. The van der Waals surface area contributed by atoms with Crippen molar-refractivity contribution >= 4 is 22.8 Å². The van der Waals surface area contributed by atoms with Gasteiger partial charge in [-0.15, -0.1) is 11.3 Å². The lowest BCUT2D eigenvalue weighted by Gasteiger charge is -2.04. The van der Waals surface area contributed by atoms with Crippen molar-refractivity contribution < 1.29 is 9.72 Å². The van der Waals surface area contributed by atoms with E-state index in [0.717, 1.165) is 10.4 Å². The second kappa shape index (κ2) is 4.70. The zero-order chi connectivity index (χ0) is 13.3. The van der Waals surface area contributed by atoms with Crippen molar-refractivity contribution in [2.75, 3.05) is 0 Å². The van der Waals surface area contributed by atoms with Crippen molar-refractivity contribution in [3.05, 3.63) is 50.2 Å². The molecule has 2 aromatic rings. The molecule has 0 atom stereocenters. The maximum Gasteiger partial charge on any atom is 0.277 e. The van der Waals surface area contributed by atoms with Crippen molar-refractivity contribution in [1.29, 1.82) is 0 Å². The molecule has 92 valence electrons. The van der Waals surface area contributed by atoms with Gasteiger partial charge in [-0.3, -0.25) is 14.9 Å². The van der Waals surface area contributed by atoms with E-state index in [2.05, 4.69) is 0 Å². The first-order valence-electron chi connectivity index (χ1n) is 5.34. The quantitative estimate of drug-likeness (QED) is 0.479. The molecule has 0 amide bonds. The lowest BCUT2D eigenvalue weighted by atomic mass is 10.0. The zero-order valence-electron chi connectivity index (χ0n) is 9.97. The SMILES string of the molecule is CC(=O)c1ccc([N+](=O)[O-])c(-c2ccsc2C)c1. The summed E-state index contributed by atoms with van der Waals surface area (Å²) in [6.45, 7) is 3.36. The fourth-order valence-corrected chi connectivity index (χ4v) is 2.51. The molecule has 4 nitrogen and oxygen atoms in total. The van der Waals surface area contributed by atoms with Crippen LogP contribution in [0.2, 0.25) is 0 Å². The summed E-state index contributed by atoms with van der Waals surface area (Å²) in [6, 6.07) is 6.32. The highest BCUT2D eigenvalue weighted by molar-refractivity contribution is 7.10. The molecule has 0 unspecified atom stereocenters. The Labute approximate surface area is 108 Å². The summed E-state index contributed by atoms with van der Waals surface area (Å²) in [4.78, 5) is 23.0. The lowest BCUT2D eigenvalue weighted by Crippen LogP contribution is -1.97. The van der Waals surface area contributed by atoms with Crippen LogP contribution in [-0.4, -0.2) is 10.7 Å². The molecular weight excluding hydrogens is 250 g/mol. The number of aryl methyl sites for hydroxylation is 1. The summed E-state index contributed by atoms with van der Waals surface area (Å²) in [5.41, 5.74) is 1.84. The molecule has 1 aromatic carbocycles. The number of nitrogens with zero attached hydrogens (tertiary/aromatic N) is 1. The molecule has 0 saturated carbocycles. The minimum atomic E-state index is -0.420. The number of ketones is 1. The van der Waals surface area contributed by atoms with Crippen LogP contribution in [0.4, 0.5) is 5.69 Å². The molecule has 0 saturated heterocycles. The summed E-state index contributed by atoms with van der Waals surface area (Å²) >= 11 is 1.53. The number of carbonyl (C=O) groups is 1. The van der Waals surface area contributed by atoms with E-state index in [9.17, 15) is 14.9 Å². The third-order valence-electron chi connectivity index (χ3n) is 2.75. The van der Waals surface area contributed by atoms with Gasteiger partial charge in [-0.05, 0) is 37.4 Å². The van der Waals surface area contributed by atoms with Crippen LogP contribution in [0.5, 0.6) is 0 Å². The second-order valence-corrected chi connectivity index (χ2v) is 5.06. The first kappa shape index (κ1) is 12.4. The number of benzene rings is 1. The average molecular weight is 261 g/mol. The largest absolute Gasteiger partial charge is 0.295 e. The fourth-order valence-electron chi connectivity index (χ4n) is 1.79. The predicted molar refractivity (Wildman–Crippen MR) is 71.2 cm³/mol. The van der Waals surface area contributed by atoms with E-state index in [1.807, 2.05) is 18.4 Å². The van der Waals surface area contributed by atoms with Crippen LogP contribution in [0, 0.1) is 17.0 Å². The third kappa shape index (κ3) is 2.17. The Morgan fingerprint density at radius 2 is 2.00 bits per heavy atom. The van der Waals surface area contributed by atoms with E-state index in [1.165, 1.54) is 30.4 Å². The molecule has 2 rings (SSSR count). The van der Waals surface area contributed by atoms with Crippen LogP contribution < -0.4 is 0 Å². The van der Waals surface area contributed by atoms with Crippen molar-refractivity contribution in [2.24, 2.45) is 0 Å². The van der Waals surface area contributed by atoms with Gasteiger partial charge in [0.15, 0.2) is 5.78 Å². The second-order valence-electron chi connectivity index (χ2n) is 3.94. The van der Waals surface area contributed by atoms with Gasteiger partial charge < -0.3 is 0 Å². The number of Topliss-reactive ketones (excluding diaryl/α,β-unsaturated/α-hetero) is 1. The first-order chi connectivity index (χ1) is 8.50. The van der Waals surface area contributed by atoms with E-state index in [4.69, 9.17) is 0 Å². The van der Waals surface area contributed by atoms with Gasteiger partial charge in [-0.25, -0.2) is 0 Å². The first-order valence-corrected chi connectivity index (χ1v) is 6.22. The van der Waals surface area contributed by atoms with Gasteiger partial charge in [-0.1, -0.05) is 0 Å². The maximum atomic E-state index is 11.4. The average Bonchev–Trinajstić information content (AvgIpc) is 2.74. The molecule has 1 heterocycles. The Morgan fingerprint density at radius 1 is 1.28 bits per heavy atom. The highest BCUT2D eigenvalue weighted by Crippen LogP contribution is 2.35. The molecule has 0 aliphatic heterocycles. The van der Waals surface area contributed by atoms with Crippen molar-refractivity contribution in [2.45, 2.75) is 13.8 Å². The van der Waals surface area contributed by atoms with Gasteiger partial charge in [0.1, 0.15) is 0 Å². The molecule has 1 aromatic heterocycles. The van der Waals surface area contributed by atoms with Crippen LogP contribution in [0.3, 0.4) is 0 Å². The van der Waals surface area contributed by atoms with Gasteiger partial charge in [0.2, 0.25) is 0 Å². The predicted octanol–water partition coefficient (Wildman–Crippen LogP) is 3.83. The molecule has 0 N–H and O–H groups in total. The van der Waals surface area contributed by atoms with Crippen LogP contribution in [0.1, 0.15) is 22.2 Å². The Hall–Kier alpha value is -2.01. The number of thiophene rings is 1. The van der Waals surface area contributed by atoms with E-state index < -0.39 is 4.92 Å².